The van der Waals surface area contributed by atoms with Crippen molar-refractivity contribution in [2.75, 3.05) is 12.0 Å². The van der Waals surface area contributed by atoms with E-state index in [2.05, 4.69) is 0 Å². The van der Waals surface area contributed by atoms with Crippen molar-refractivity contribution in [3.63, 3.8) is 0 Å². The number of rotatable bonds is 3. The van der Waals surface area contributed by atoms with E-state index in [1.54, 1.807) is 16.9 Å². The standard InChI is InChI=1S/C22H20N2O4/c1-14-13-17-19(23(21(26)28-17)16-11-7-4-8-12-16)24-20(25)18(27-2)22(14,24)15-9-5-3-6-10-15/h3-13,17-19H,1-2H3/t17-,18+,19+,22+/m0/s1. The zero-order valence-corrected chi connectivity index (χ0v) is 15.6. The molecule has 2 saturated heterocycles. The molecule has 0 aromatic heterocycles. The van der Waals surface area contributed by atoms with Crippen LogP contribution >= 0.6 is 0 Å². The maximum Gasteiger partial charge on any atom is 0.416 e. The Labute approximate surface area is 163 Å². The van der Waals surface area contributed by atoms with Gasteiger partial charge in [0.1, 0.15) is 5.54 Å². The van der Waals surface area contributed by atoms with Crippen LogP contribution in [0.3, 0.4) is 0 Å². The Morgan fingerprint density at radius 1 is 1.00 bits per heavy atom. The van der Waals surface area contributed by atoms with Gasteiger partial charge < -0.3 is 9.47 Å². The van der Waals surface area contributed by atoms with Crippen molar-refractivity contribution < 1.29 is 19.1 Å². The minimum absolute atomic E-state index is 0.145. The van der Waals surface area contributed by atoms with Gasteiger partial charge in [0, 0.05) is 12.8 Å². The molecule has 0 N–H and O–H groups in total. The maximum atomic E-state index is 13.2. The van der Waals surface area contributed by atoms with Gasteiger partial charge in [0.2, 0.25) is 0 Å². The van der Waals surface area contributed by atoms with Crippen LogP contribution in [-0.4, -0.2) is 42.4 Å². The van der Waals surface area contributed by atoms with Crippen LogP contribution in [0.1, 0.15) is 12.5 Å². The number of carbonyl (C=O) groups excluding carboxylic acids is 2. The van der Waals surface area contributed by atoms with Gasteiger partial charge in [-0.2, -0.15) is 0 Å². The molecule has 6 nitrogen and oxygen atoms in total. The molecular weight excluding hydrogens is 356 g/mol. The van der Waals surface area contributed by atoms with Crippen LogP contribution in [0, 0.1) is 0 Å². The van der Waals surface area contributed by atoms with Gasteiger partial charge in [-0.25, -0.2) is 4.79 Å². The number of β-lactam (4-membered cyclic amide) rings is 1. The minimum atomic E-state index is -0.755. The third-order valence-corrected chi connectivity index (χ3v) is 5.98. The van der Waals surface area contributed by atoms with Crippen molar-refractivity contribution in [3.8, 4) is 0 Å². The molecule has 142 valence electrons. The highest BCUT2D eigenvalue weighted by Gasteiger charge is 2.70. The first-order valence-corrected chi connectivity index (χ1v) is 9.26. The van der Waals surface area contributed by atoms with Crippen molar-refractivity contribution >= 4 is 17.7 Å². The summed E-state index contributed by atoms with van der Waals surface area (Å²) in [4.78, 5) is 29.2. The lowest BCUT2D eigenvalue weighted by Gasteiger charge is -2.62. The molecule has 2 aromatic carbocycles. The van der Waals surface area contributed by atoms with Crippen LogP contribution in [-0.2, 0) is 19.8 Å². The van der Waals surface area contributed by atoms with Gasteiger partial charge in [0.05, 0.1) is 0 Å². The number of anilines is 1. The second kappa shape index (κ2) is 5.94. The molecule has 5 rings (SSSR count). The Kier molecular flexibility index (Phi) is 3.61. The molecule has 0 bridgehead atoms. The quantitative estimate of drug-likeness (QED) is 0.610. The van der Waals surface area contributed by atoms with E-state index in [9.17, 15) is 9.59 Å². The predicted octanol–water partition coefficient (Wildman–Crippen LogP) is 3.05. The minimum Gasteiger partial charge on any atom is -0.437 e. The third-order valence-electron chi connectivity index (χ3n) is 5.98. The van der Waals surface area contributed by atoms with E-state index in [0.717, 1.165) is 11.1 Å². The largest absolute Gasteiger partial charge is 0.437 e. The van der Waals surface area contributed by atoms with Gasteiger partial charge in [-0.15, -0.1) is 0 Å². The van der Waals surface area contributed by atoms with Gasteiger partial charge in [0.15, 0.2) is 18.4 Å². The summed E-state index contributed by atoms with van der Waals surface area (Å²) in [5.74, 6) is -0.145. The Morgan fingerprint density at radius 3 is 2.29 bits per heavy atom. The van der Waals surface area contributed by atoms with Crippen molar-refractivity contribution in [1.29, 1.82) is 0 Å². The molecule has 2 fully saturated rings. The predicted molar refractivity (Wildman–Crippen MR) is 102 cm³/mol. The van der Waals surface area contributed by atoms with Crippen LogP contribution < -0.4 is 4.90 Å². The highest BCUT2D eigenvalue weighted by atomic mass is 16.6. The van der Waals surface area contributed by atoms with Crippen molar-refractivity contribution in [3.05, 3.63) is 77.9 Å². The number of hydrogen-bond donors (Lipinski definition) is 0. The number of methoxy groups -OCH3 is 1. The lowest BCUT2D eigenvalue weighted by molar-refractivity contribution is -0.197. The van der Waals surface area contributed by atoms with E-state index in [4.69, 9.17) is 9.47 Å². The molecule has 2 aromatic rings. The molecule has 0 aliphatic carbocycles. The summed E-state index contributed by atoms with van der Waals surface area (Å²) >= 11 is 0. The first kappa shape index (κ1) is 17.0. The molecule has 4 atom stereocenters. The molecule has 0 saturated carbocycles. The average Bonchev–Trinajstić information content (AvgIpc) is 3.02. The van der Waals surface area contributed by atoms with E-state index in [1.807, 2.05) is 73.7 Å². The molecule has 2 amide bonds. The fourth-order valence-corrected chi connectivity index (χ4v) is 4.85. The summed E-state index contributed by atoms with van der Waals surface area (Å²) in [6.45, 7) is 1.97. The molecule has 0 spiro atoms. The number of fused-ring (bicyclic) bond motifs is 3. The van der Waals surface area contributed by atoms with E-state index >= 15 is 0 Å². The Bertz CT molecular complexity index is 975. The van der Waals surface area contributed by atoms with Crippen molar-refractivity contribution in [2.45, 2.75) is 30.8 Å². The fourth-order valence-electron chi connectivity index (χ4n) is 4.85. The zero-order chi connectivity index (χ0) is 19.5. The lowest BCUT2D eigenvalue weighted by atomic mass is 9.67. The maximum absolute atomic E-state index is 13.2. The second-order valence-electron chi connectivity index (χ2n) is 7.27. The summed E-state index contributed by atoms with van der Waals surface area (Å²) < 4.78 is 11.3. The van der Waals surface area contributed by atoms with E-state index in [1.165, 1.54) is 0 Å². The number of carbonyl (C=O) groups is 2. The lowest BCUT2D eigenvalue weighted by Crippen LogP contribution is -2.79. The first-order valence-electron chi connectivity index (χ1n) is 9.26. The Balaban J connectivity index is 1.70. The number of amides is 2. The van der Waals surface area contributed by atoms with E-state index in [0.29, 0.717) is 5.69 Å². The van der Waals surface area contributed by atoms with Gasteiger partial charge in [-0.1, -0.05) is 48.5 Å². The summed E-state index contributed by atoms with van der Waals surface area (Å²) in [6.07, 6.45) is -0.222. The van der Waals surface area contributed by atoms with Gasteiger partial charge >= 0.3 is 6.09 Å². The van der Waals surface area contributed by atoms with E-state index in [-0.39, 0.29) is 5.91 Å². The fraction of sp³-hybridized carbons (Fsp3) is 0.273. The summed E-state index contributed by atoms with van der Waals surface area (Å²) in [5.41, 5.74) is 1.84. The summed E-state index contributed by atoms with van der Waals surface area (Å²) in [5, 5.41) is 0. The van der Waals surface area contributed by atoms with Gasteiger partial charge in [-0.05, 0) is 36.3 Å². The number of para-hydroxylation sites is 1. The molecule has 6 heteroatoms. The monoisotopic (exact) mass is 376 g/mol. The summed E-state index contributed by atoms with van der Waals surface area (Å²) in [6, 6.07) is 19.1. The van der Waals surface area contributed by atoms with E-state index < -0.39 is 30.0 Å². The average molecular weight is 376 g/mol. The van der Waals surface area contributed by atoms with Crippen molar-refractivity contribution in [2.24, 2.45) is 0 Å². The van der Waals surface area contributed by atoms with Gasteiger partial charge in [-0.3, -0.25) is 14.6 Å². The Morgan fingerprint density at radius 2 is 1.64 bits per heavy atom. The molecule has 28 heavy (non-hydrogen) atoms. The number of ether oxygens (including phenoxy) is 2. The smallest absolute Gasteiger partial charge is 0.416 e. The summed E-state index contributed by atoms with van der Waals surface area (Å²) in [7, 11) is 1.55. The zero-order valence-electron chi connectivity index (χ0n) is 15.6. The Hall–Kier alpha value is -3.12. The molecule has 3 aliphatic heterocycles. The number of nitrogens with zero attached hydrogens (tertiary/aromatic N) is 2. The third kappa shape index (κ3) is 1.95. The molecular formula is C22H20N2O4. The van der Waals surface area contributed by atoms with Crippen LogP contribution in [0.5, 0.6) is 0 Å². The normalized spacial score (nSPS) is 30.9. The van der Waals surface area contributed by atoms with Crippen LogP contribution in [0.4, 0.5) is 10.5 Å². The topological polar surface area (TPSA) is 59.1 Å². The number of benzene rings is 2. The highest BCUT2D eigenvalue weighted by Crippen LogP contribution is 2.54. The first-order chi connectivity index (χ1) is 13.6. The van der Waals surface area contributed by atoms with Crippen molar-refractivity contribution in [1.82, 2.24) is 4.90 Å². The van der Waals surface area contributed by atoms with Gasteiger partial charge in [0.25, 0.3) is 5.91 Å². The van der Waals surface area contributed by atoms with Crippen LogP contribution in [0.15, 0.2) is 72.3 Å². The molecule has 3 heterocycles. The molecule has 0 unspecified atom stereocenters. The molecule has 3 aliphatic rings. The second-order valence-corrected chi connectivity index (χ2v) is 7.27. The molecule has 0 radical (unpaired) electrons. The number of hydrogen-bond acceptors (Lipinski definition) is 4. The van der Waals surface area contributed by atoms with Crippen LogP contribution in [0.25, 0.3) is 0 Å². The SMILES string of the molecule is CO[C@@H]1C(=O)N2[C@@H]3[C@H](C=C(C)[C@@]12c1ccccc1)OC(=O)N3c1ccccc1. The highest BCUT2D eigenvalue weighted by molar-refractivity contribution is 5.98. The van der Waals surface area contributed by atoms with Crippen LogP contribution in [0.2, 0.25) is 0 Å².